The summed E-state index contributed by atoms with van der Waals surface area (Å²) in [6.07, 6.45) is 20.0. The maximum absolute atomic E-state index is 13.1. The first-order chi connectivity index (χ1) is 19.2. The van der Waals surface area contributed by atoms with E-state index in [9.17, 15) is 14.4 Å². The molecule has 0 saturated carbocycles. The minimum atomic E-state index is -0.798. The first-order valence-electron chi connectivity index (χ1n) is 14.7. The molecular formula is C32H46O8. The van der Waals surface area contributed by atoms with Gasteiger partial charge in [-0.1, -0.05) is 49.8 Å². The van der Waals surface area contributed by atoms with E-state index < -0.39 is 18.0 Å². The van der Waals surface area contributed by atoms with Gasteiger partial charge in [-0.25, -0.2) is 4.79 Å². The van der Waals surface area contributed by atoms with Gasteiger partial charge in [-0.05, 0) is 63.4 Å². The quantitative estimate of drug-likeness (QED) is 0.136. The van der Waals surface area contributed by atoms with Gasteiger partial charge in [-0.3, -0.25) is 9.59 Å². The number of ether oxygens (including phenoxy) is 4. The van der Waals surface area contributed by atoms with Gasteiger partial charge in [0, 0.05) is 24.8 Å². The van der Waals surface area contributed by atoms with Gasteiger partial charge in [0.05, 0.1) is 37.9 Å². The summed E-state index contributed by atoms with van der Waals surface area (Å²) in [5.41, 5.74) is 0.920. The van der Waals surface area contributed by atoms with Crippen molar-refractivity contribution in [2.24, 2.45) is 11.8 Å². The molecule has 0 aromatic carbocycles. The number of carboxylic acids is 1. The largest absolute Gasteiger partial charge is 0.481 e. The third kappa shape index (κ3) is 11.4. The summed E-state index contributed by atoms with van der Waals surface area (Å²) in [4.78, 5) is 35.8. The fourth-order valence-electron chi connectivity index (χ4n) is 5.66. The number of carbonyl (C=O) groups excluding carboxylic acids is 2. The second-order valence-electron chi connectivity index (χ2n) is 11.4. The Hall–Kier alpha value is -2.71. The Morgan fingerprint density at radius 2 is 1.73 bits per heavy atom. The van der Waals surface area contributed by atoms with Crippen LogP contribution in [0.2, 0.25) is 0 Å². The van der Waals surface area contributed by atoms with Crippen molar-refractivity contribution in [1.29, 1.82) is 0 Å². The molecule has 3 rings (SSSR count). The highest BCUT2D eigenvalue weighted by atomic mass is 16.6. The molecule has 0 spiro atoms. The normalized spacial score (nSPS) is 34.0. The highest BCUT2D eigenvalue weighted by Gasteiger charge is 2.33. The summed E-state index contributed by atoms with van der Waals surface area (Å²) in [6.45, 7) is 4.22. The van der Waals surface area contributed by atoms with Gasteiger partial charge >= 0.3 is 17.9 Å². The third-order valence-corrected chi connectivity index (χ3v) is 7.72. The Bertz CT molecular complexity index is 964. The Balaban J connectivity index is 1.77. The molecule has 2 saturated heterocycles. The number of unbranched alkanes of at least 4 members (excludes halogenated alkanes) is 1. The van der Waals surface area contributed by atoms with E-state index in [4.69, 9.17) is 24.1 Å². The number of aliphatic carboxylic acids is 1. The van der Waals surface area contributed by atoms with Crippen LogP contribution >= 0.6 is 0 Å². The zero-order chi connectivity index (χ0) is 28.9. The van der Waals surface area contributed by atoms with Crippen molar-refractivity contribution >= 4 is 17.9 Å². The first kappa shape index (κ1) is 31.8. The molecule has 4 bridgehead atoms. The molecular weight excluding hydrogens is 512 g/mol. The van der Waals surface area contributed by atoms with Crippen LogP contribution in [0.5, 0.6) is 0 Å². The topological polar surface area (TPSA) is 108 Å². The Morgan fingerprint density at radius 1 is 1.00 bits per heavy atom. The van der Waals surface area contributed by atoms with E-state index in [0.717, 1.165) is 37.7 Å². The molecule has 40 heavy (non-hydrogen) atoms. The highest BCUT2D eigenvalue weighted by molar-refractivity contribution is 5.82. The number of esters is 2. The maximum atomic E-state index is 13.1. The van der Waals surface area contributed by atoms with Crippen molar-refractivity contribution in [2.45, 2.75) is 115 Å². The molecule has 222 valence electrons. The number of hydrogen-bond donors (Lipinski definition) is 1. The van der Waals surface area contributed by atoms with Gasteiger partial charge in [-0.2, -0.15) is 0 Å². The van der Waals surface area contributed by atoms with E-state index in [2.05, 4.69) is 19.1 Å². The van der Waals surface area contributed by atoms with Gasteiger partial charge in [0.2, 0.25) is 0 Å². The van der Waals surface area contributed by atoms with Crippen molar-refractivity contribution < 1.29 is 38.4 Å². The molecule has 8 heteroatoms. The zero-order valence-electron chi connectivity index (χ0n) is 24.2. The third-order valence-electron chi connectivity index (χ3n) is 7.72. The van der Waals surface area contributed by atoms with E-state index >= 15 is 0 Å². The predicted octanol–water partition coefficient (Wildman–Crippen LogP) is 5.86. The van der Waals surface area contributed by atoms with Crippen molar-refractivity contribution in [3.8, 4) is 0 Å². The fourth-order valence-corrected chi connectivity index (χ4v) is 5.66. The minimum Gasteiger partial charge on any atom is -0.481 e. The smallest absolute Gasteiger partial charge is 0.330 e. The number of methoxy groups -OCH3 is 1. The zero-order valence-corrected chi connectivity index (χ0v) is 24.2. The average molecular weight is 559 g/mol. The van der Waals surface area contributed by atoms with Crippen molar-refractivity contribution in [1.82, 2.24) is 0 Å². The van der Waals surface area contributed by atoms with Crippen LogP contribution < -0.4 is 0 Å². The lowest BCUT2D eigenvalue weighted by Crippen LogP contribution is -2.37. The number of rotatable bonds is 7. The summed E-state index contributed by atoms with van der Waals surface area (Å²) in [5, 5.41) is 8.78. The Labute approximate surface area is 238 Å². The maximum Gasteiger partial charge on any atom is 0.330 e. The van der Waals surface area contributed by atoms with Crippen LogP contribution in [0.4, 0.5) is 0 Å². The SMILES string of the molecule is COC(=O)/C=C1\CC2CC(=O)OC(/C=C/C=C\CCCC(=O)O)C(C)/C=C/C(C)CC3CCCC(CC(C1)O2)O3. The number of hydrogen-bond acceptors (Lipinski definition) is 7. The highest BCUT2D eigenvalue weighted by Crippen LogP contribution is 2.33. The summed E-state index contributed by atoms with van der Waals surface area (Å²) in [5.74, 6) is -1.28. The molecule has 8 nitrogen and oxygen atoms in total. The van der Waals surface area contributed by atoms with Gasteiger partial charge in [0.1, 0.15) is 6.10 Å². The average Bonchev–Trinajstić information content (AvgIpc) is 2.89. The summed E-state index contributed by atoms with van der Waals surface area (Å²) >= 11 is 0. The number of carbonyl (C=O) groups is 3. The van der Waals surface area contributed by atoms with Crippen molar-refractivity contribution in [3.05, 3.63) is 48.1 Å². The fraction of sp³-hybridized carbons (Fsp3) is 0.656. The summed E-state index contributed by atoms with van der Waals surface area (Å²) < 4.78 is 23.7. The van der Waals surface area contributed by atoms with E-state index in [-0.39, 0.29) is 49.1 Å². The Morgan fingerprint density at radius 3 is 2.48 bits per heavy atom. The van der Waals surface area contributed by atoms with E-state index in [1.165, 1.54) is 13.2 Å². The van der Waals surface area contributed by atoms with Crippen molar-refractivity contribution in [3.63, 3.8) is 0 Å². The monoisotopic (exact) mass is 558 g/mol. The molecule has 0 aromatic heterocycles. The van der Waals surface area contributed by atoms with Gasteiger partial charge in [0.15, 0.2) is 0 Å². The number of fused-ring (bicyclic) bond motifs is 4. The summed E-state index contributed by atoms with van der Waals surface area (Å²) in [6, 6.07) is 0. The molecule has 7 atom stereocenters. The molecule has 7 unspecified atom stereocenters. The molecule has 0 radical (unpaired) electrons. The number of allylic oxidation sites excluding steroid dienone is 4. The molecule has 0 aliphatic carbocycles. The minimum absolute atomic E-state index is 0.0502. The number of cyclic esters (lactones) is 1. The van der Waals surface area contributed by atoms with E-state index in [1.807, 2.05) is 31.2 Å². The first-order valence-corrected chi connectivity index (χ1v) is 14.7. The lowest BCUT2D eigenvalue weighted by Gasteiger charge is -2.37. The molecule has 3 heterocycles. The lowest BCUT2D eigenvalue weighted by atomic mass is 9.89. The van der Waals surface area contributed by atoms with Crippen LogP contribution in [0, 0.1) is 11.8 Å². The van der Waals surface area contributed by atoms with Crippen LogP contribution in [0.3, 0.4) is 0 Å². The van der Waals surface area contributed by atoms with Gasteiger partial charge in [0.25, 0.3) is 0 Å². The Kier molecular flexibility index (Phi) is 13.1. The van der Waals surface area contributed by atoms with Crippen LogP contribution in [0.1, 0.15) is 84.5 Å². The van der Waals surface area contributed by atoms with Crippen LogP contribution in [-0.2, 0) is 33.3 Å². The number of carboxylic acid groups (broad SMARTS) is 1. The predicted molar refractivity (Wildman–Crippen MR) is 151 cm³/mol. The second-order valence-corrected chi connectivity index (χ2v) is 11.4. The van der Waals surface area contributed by atoms with Crippen LogP contribution in [-0.4, -0.2) is 60.6 Å². The molecule has 1 N–H and O–H groups in total. The van der Waals surface area contributed by atoms with Crippen LogP contribution in [0.25, 0.3) is 0 Å². The second kappa shape index (κ2) is 16.5. The lowest BCUT2D eigenvalue weighted by molar-refractivity contribution is -0.154. The van der Waals surface area contributed by atoms with Crippen LogP contribution in [0.15, 0.2) is 48.1 Å². The summed E-state index contributed by atoms with van der Waals surface area (Å²) in [7, 11) is 1.36. The molecule has 3 aliphatic heterocycles. The molecule has 3 aliphatic rings. The molecule has 0 aromatic rings. The van der Waals surface area contributed by atoms with Gasteiger partial charge < -0.3 is 24.1 Å². The van der Waals surface area contributed by atoms with E-state index in [0.29, 0.717) is 31.6 Å². The van der Waals surface area contributed by atoms with E-state index in [1.54, 1.807) is 0 Å². The molecule has 2 fully saturated rings. The standard InChI is InChI=1S/C32H46O8/c1-22-14-15-23(2)29(12-7-5-4-6-8-13-30(33)34)40-32(36)21-28-18-24(19-31(35)37-3)17-27(39-28)20-26-11-9-10-25(16-22)38-26/h4-5,7,12,14-15,19,22-23,25-29H,6,8-11,13,16-18,20-21H2,1-3H3,(H,33,34)/b5-4-,12-7+,15-14+,24-19-. The van der Waals surface area contributed by atoms with Crippen molar-refractivity contribution in [2.75, 3.05) is 7.11 Å². The van der Waals surface area contributed by atoms with Gasteiger partial charge in [-0.15, -0.1) is 0 Å². The molecule has 0 amide bonds.